The summed E-state index contributed by atoms with van der Waals surface area (Å²) in [5.41, 5.74) is 9.33. The minimum Gasteiger partial charge on any atom is -0.506 e. The van der Waals surface area contributed by atoms with Crippen LogP contribution in [0.4, 0.5) is 11.4 Å². The van der Waals surface area contributed by atoms with E-state index in [1.807, 2.05) is 48.5 Å². The maximum atomic E-state index is 12.1. The van der Waals surface area contributed by atoms with Crippen LogP contribution in [0.3, 0.4) is 0 Å². The van der Waals surface area contributed by atoms with Gasteiger partial charge in [0.1, 0.15) is 11.5 Å². The number of phenols is 2. The Kier molecular flexibility index (Phi) is 14.3. The second-order valence-electron chi connectivity index (χ2n) is 11.4. The minimum absolute atomic E-state index is 0.00648. The third-order valence-electron chi connectivity index (χ3n) is 7.43. The molecule has 0 radical (unpaired) electrons. The highest BCUT2D eigenvalue weighted by Gasteiger charge is 2.08. The van der Waals surface area contributed by atoms with Gasteiger partial charge in [-0.25, -0.2) is 10.9 Å². The lowest BCUT2D eigenvalue weighted by Crippen LogP contribution is -2.17. The van der Waals surface area contributed by atoms with Gasteiger partial charge in [0.15, 0.2) is 0 Å². The summed E-state index contributed by atoms with van der Waals surface area (Å²) in [7, 11) is 0. The molecule has 12 nitrogen and oxygen atoms in total. The zero-order valence-corrected chi connectivity index (χ0v) is 27.5. The predicted octanol–water partition coefficient (Wildman–Crippen LogP) is 6.06. The lowest BCUT2D eigenvalue weighted by Gasteiger charge is -2.06. The van der Waals surface area contributed by atoms with E-state index in [0.29, 0.717) is 37.1 Å². The number of hydrogen-bond acceptors (Lipinski definition) is 8. The Balaban J connectivity index is 1.09. The molecule has 258 valence electrons. The number of aromatic hydroxyl groups is 2. The smallest absolute Gasteiger partial charge is 0.240 e. The van der Waals surface area contributed by atoms with Gasteiger partial charge in [0.25, 0.3) is 0 Å². The summed E-state index contributed by atoms with van der Waals surface area (Å²) in [6.07, 6.45) is 6.16. The van der Waals surface area contributed by atoms with Gasteiger partial charge in [0.2, 0.25) is 23.6 Å². The highest BCUT2D eigenvalue weighted by Crippen LogP contribution is 2.23. The van der Waals surface area contributed by atoms with Crippen LogP contribution in [0.25, 0.3) is 11.1 Å². The first-order chi connectivity index (χ1) is 24.3. The maximum absolute atomic E-state index is 12.1. The number of amides is 4. The Morgan fingerprint density at radius 3 is 1.18 bits per heavy atom. The van der Waals surface area contributed by atoms with E-state index in [0.717, 1.165) is 22.3 Å². The molecule has 0 saturated carbocycles. The molecule has 4 aromatic carbocycles. The Morgan fingerprint density at radius 2 is 0.820 bits per heavy atom. The van der Waals surface area contributed by atoms with E-state index in [2.05, 4.69) is 31.7 Å². The van der Waals surface area contributed by atoms with Crippen LogP contribution < -0.4 is 21.5 Å². The molecule has 0 aliphatic carbocycles. The molecule has 0 fully saturated rings. The van der Waals surface area contributed by atoms with Crippen LogP contribution in [0.5, 0.6) is 11.5 Å². The fraction of sp³-hybridized carbons (Fsp3) is 0.211. The number of unbranched alkanes of at least 4 members (excludes halogenated alkanes) is 2. The first kappa shape index (κ1) is 36.5. The number of nitrogens with one attached hydrogen (secondary N) is 4. The summed E-state index contributed by atoms with van der Waals surface area (Å²) in [6, 6.07) is 28.4. The Bertz CT molecular complexity index is 1670. The third kappa shape index (κ3) is 12.7. The number of carbonyl (C=O) groups excluding carboxylic acids is 4. The van der Waals surface area contributed by atoms with Crippen molar-refractivity contribution in [3.05, 3.63) is 108 Å². The van der Waals surface area contributed by atoms with E-state index in [-0.39, 0.29) is 60.8 Å². The predicted molar refractivity (Wildman–Crippen MR) is 194 cm³/mol. The molecule has 0 saturated heterocycles. The molecule has 50 heavy (non-hydrogen) atoms. The van der Waals surface area contributed by atoms with Gasteiger partial charge in [-0.3, -0.25) is 19.2 Å². The van der Waals surface area contributed by atoms with E-state index in [4.69, 9.17) is 0 Å². The van der Waals surface area contributed by atoms with Gasteiger partial charge in [-0.15, -0.1) is 0 Å². The molecule has 0 aliphatic heterocycles. The third-order valence-corrected chi connectivity index (χ3v) is 7.43. The van der Waals surface area contributed by atoms with E-state index in [1.165, 1.54) is 12.1 Å². The molecule has 0 spiro atoms. The van der Waals surface area contributed by atoms with E-state index in [1.54, 1.807) is 48.8 Å². The van der Waals surface area contributed by atoms with Crippen LogP contribution in [0.2, 0.25) is 0 Å². The molecule has 0 aliphatic rings. The number of anilines is 2. The fourth-order valence-corrected chi connectivity index (χ4v) is 4.72. The normalized spacial score (nSPS) is 11.0. The molecule has 12 heteroatoms. The standard InChI is InChI=1S/C38H40N6O6/c45-33-11-3-1-9-31(33)41-35(47)13-5-7-15-37(49)43-39-25-27-17-21-29(22-18-27)30-23-19-28(20-24-30)26-40-44-38(50)16-8-6-14-36(48)42-32-10-2-4-12-34(32)46/h1-4,9-12,17-26,45-46H,5-8,13-16H2,(H,41,47)(H,42,48)(H,43,49)(H,44,50)/b39-25+,40-26+. The Labute approximate surface area is 290 Å². The molecular formula is C38H40N6O6. The fourth-order valence-electron chi connectivity index (χ4n) is 4.72. The van der Waals surface area contributed by atoms with Crippen LogP contribution in [-0.4, -0.2) is 46.3 Å². The van der Waals surface area contributed by atoms with Crippen LogP contribution in [-0.2, 0) is 19.2 Å². The Hall–Kier alpha value is -6.30. The first-order valence-electron chi connectivity index (χ1n) is 16.3. The minimum atomic E-state index is -0.245. The number of benzene rings is 4. The summed E-state index contributed by atoms with van der Waals surface area (Å²) in [5.74, 6) is -0.927. The molecule has 4 aromatic rings. The summed E-state index contributed by atoms with van der Waals surface area (Å²) in [4.78, 5) is 48.3. The lowest BCUT2D eigenvalue weighted by molar-refractivity contribution is -0.122. The van der Waals surface area contributed by atoms with Gasteiger partial charge in [0.05, 0.1) is 23.8 Å². The number of nitrogens with zero attached hydrogens (tertiary/aromatic N) is 2. The topological polar surface area (TPSA) is 182 Å². The van der Waals surface area contributed by atoms with Gasteiger partial charge >= 0.3 is 0 Å². The Morgan fingerprint density at radius 1 is 0.480 bits per heavy atom. The molecule has 0 unspecified atom stereocenters. The number of rotatable bonds is 17. The number of phenolic OH excluding ortho intramolecular Hbond substituents is 2. The lowest BCUT2D eigenvalue weighted by atomic mass is 10.0. The number of hydrazone groups is 2. The largest absolute Gasteiger partial charge is 0.506 e. The van der Waals surface area contributed by atoms with E-state index >= 15 is 0 Å². The van der Waals surface area contributed by atoms with Crippen molar-refractivity contribution in [2.75, 3.05) is 10.6 Å². The van der Waals surface area contributed by atoms with Crippen molar-refractivity contribution in [2.45, 2.75) is 51.4 Å². The van der Waals surface area contributed by atoms with Gasteiger partial charge < -0.3 is 20.8 Å². The van der Waals surface area contributed by atoms with Crippen molar-refractivity contribution in [2.24, 2.45) is 10.2 Å². The van der Waals surface area contributed by atoms with Gasteiger partial charge in [-0.05, 0) is 72.2 Å². The summed E-state index contributed by atoms with van der Waals surface area (Å²) >= 11 is 0. The number of carbonyl (C=O) groups is 4. The molecule has 0 heterocycles. The van der Waals surface area contributed by atoms with Crippen LogP contribution in [0, 0.1) is 0 Å². The molecular weight excluding hydrogens is 636 g/mol. The summed E-state index contributed by atoms with van der Waals surface area (Å²) < 4.78 is 0. The van der Waals surface area contributed by atoms with Crippen molar-refractivity contribution < 1.29 is 29.4 Å². The SMILES string of the molecule is O=C(CCCCC(=O)Nc1ccccc1O)N/N=C/c1ccc(-c2ccc(/C=N/NC(=O)CCCCC(=O)Nc3ccccc3O)cc2)cc1. The summed E-state index contributed by atoms with van der Waals surface area (Å²) in [6.45, 7) is 0. The molecule has 4 rings (SSSR count). The van der Waals surface area contributed by atoms with Gasteiger partial charge in [-0.1, -0.05) is 72.8 Å². The molecule has 0 bridgehead atoms. The number of para-hydroxylation sites is 4. The summed E-state index contributed by atoms with van der Waals surface area (Å²) in [5, 5.41) is 32.8. The second-order valence-corrected chi connectivity index (χ2v) is 11.4. The monoisotopic (exact) mass is 676 g/mol. The highest BCUT2D eigenvalue weighted by atomic mass is 16.3. The average molecular weight is 677 g/mol. The van der Waals surface area contributed by atoms with Crippen LogP contribution in [0.15, 0.2) is 107 Å². The quantitative estimate of drug-likeness (QED) is 0.0342. The molecule has 4 amide bonds. The second kappa shape index (κ2) is 19.5. The van der Waals surface area contributed by atoms with Crippen molar-refractivity contribution in [1.29, 1.82) is 0 Å². The van der Waals surface area contributed by atoms with Gasteiger partial charge in [-0.2, -0.15) is 10.2 Å². The van der Waals surface area contributed by atoms with Crippen molar-refractivity contribution >= 4 is 47.4 Å². The van der Waals surface area contributed by atoms with Crippen LogP contribution in [0.1, 0.15) is 62.5 Å². The van der Waals surface area contributed by atoms with Crippen molar-refractivity contribution in [1.82, 2.24) is 10.9 Å². The highest BCUT2D eigenvalue weighted by molar-refractivity contribution is 5.93. The van der Waals surface area contributed by atoms with Crippen LogP contribution >= 0.6 is 0 Å². The van der Waals surface area contributed by atoms with E-state index < -0.39 is 0 Å². The number of hydrogen-bond donors (Lipinski definition) is 6. The van der Waals surface area contributed by atoms with E-state index in [9.17, 15) is 29.4 Å². The van der Waals surface area contributed by atoms with Gasteiger partial charge in [0, 0.05) is 25.7 Å². The first-order valence-corrected chi connectivity index (χ1v) is 16.3. The zero-order chi connectivity index (χ0) is 35.6. The average Bonchev–Trinajstić information content (AvgIpc) is 3.11. The molecule has 0 aromatic heterocycles. The molecule has 6 N–H and O–H groups in total. The molecule has 0 atom stereocenters. The van der Waals surface area contributed by atoms with Crippen molar-refractivity contribution in [3.63, 3.8) is 0 Å². The van der Waals surface area contributed by atoms with Crippen molar-refractivity contribution in [3.8, 4) is 22.6 Å². The maximum Gasteiger partial charge on any atom is 0.240 e. The zero-order valence-electron chi connectivity index (χ0n) is 27.5.